The van der Waals surface area contributed by atoms with Gasteiger partial charge in [0, 0.05) is 13.1 Å². The molecule has 0 aliphatic carbocycles. The second-order valence-corrected chi connectivity index (χ2v) is 4.99. The minimum atomic E-state index is -0.360. The Morgan fingerprint density at radius 3 is 2.50 bits per heavy atom. The van der Waals surface area contributed by atoms with E-state index in [4.69, 9.17) is 0 Å². The van der Waals surface area contributed by atoms with E-state index in [1.165, 1.54) is 18.2 Å². The van der Waals surface area contributed by atoms with Gasteiger partial charge in [0.25, 0.3) is 5.91 Å². The first-order valence-electron chi connectivity index (χ1n) is 6.38. The lowest BCUT2D eigenvalue weighted by molar-refractivity contribution is 0.0766. The van der Waals surface area contributed by atoms with Crippen molar-refractivity contribution in [1.29, 1.82) is 0 Å². The third-order valence-corrected chi connectivity index (χ3v) is 3.63. The van der Waals surface area contributed by atoms with Crippen molar-refractivity contribution in [3.8, 4) is 0 Å². The van der Waals surface area contributed by atoms with Gasteiger partial charge in [-0.1, -0.05) is 18.2 Å². The highest BCUT2D eigenvalue weighted by Crippen LogP contribution is 2.28. The predicted molar refractivity (Wildman–Crippen MR) is 71.1 cm³/mol. The summed E-state index contributed by atoms with van der Waals surface area (Å²) in [5.74, 6) is -0.829. The van der Waals surface area contributed by atoms with Gasteiger partial charge in [-0.3, -0.25) is 4.79 Å². The largest absolute Gasteiger partial charge is 0.330 e. The average molecular weight is 273 g/mol. The smallest absolute Gasteiger partial charge is 0.255 e. The number of carbonyl (C=O) groups is 1. The number of rotatable bonds is 2. The molecule has 1 heterocycles. The van der Waals surface area contributed by atoms with E-state index < -0.39 is 0 Å². The van der Waals surface area contributed by atoms with E-state index >= 15 is 0 Å². The molecule has 1 aliphatic heterocycles. The average Bonchev–Trinajstić information content (AvgIpc) is 2.74. The van der Waals surface area contributed by atoms with Crippen molar-refractivity contribution in [3.05, 3.63) is 70.3 Å². The van der Waals surface area contributed by atoms with Gasteiger partial charge in [0.2, 0.25) is 0 Å². The lowest BCUT2D eigenvalue weighted by atomic mass is 10.0. The number of carbonyl (C=O) groups excluding carboxylic acids is 1. The highest BCUT2D eigenvalue weighted by Gasteiger charge is 2.29. The molecule has 0 spiro atoms. The van der Waals surface area contributed by atoms with E-state index in [0.717, 1.165) is 11.1 Å². The topological polar surface area (TPSA) is 20.3 Å². The fourth-order valence-electron chi connectivity index (χ4n) is 2.55. The zero-order chi connectivity index (χ0) is 14.3. The Labute approximate surface area is 115 Å². The Hall–Kier alpha value is -2.23. The van der Waals surface area contributed by atoms with Crippen LogP contribution in [0.25, 0.3) is 0 Å². The number of hydrogen-bond acceptors (Lipinski definition) is 1. The highest BCUT2D eigenvalue weighted by molar-refractivity contribution is 5.99. The molecule has 0 saturated carbocycles. The summed E-state index contributed by atoms with van der Waals surface area (Å²) in [6.07, 6.45) is 0. The van der Waals surface area contributed by atoms with Crippen LogP contribution in [0, 0.1) is 18.6 Å². The number of fused-ring (bicyclic) bond motifs is 1. The second-order valence-electron chi connectivity index (χ2n) is 4.99. The van der Waals surface area contributed by atoms with E-state index in [1.807, 2.05) is 0 Å². The van der Waals surface area contributed by atoms with Crippen LogP contribution in [-0.4, -0.2) is 10.8 Å². The normalized spacial score (nSPS) is 13.8. The molecule has 2 nitrogen and oxygen atoms in total. The van der Waals surface area contributed by atoms with Crippen molar-refractivity contribution >= 4 is 5.91 Å². The first kappa shape index (κ1) is 12.8. The van der Waals surface area contributed by atoms with E-state index in [-0.39, 0.29) is 17.5 Å². The molecule has 0 N–H and O–H groups in total. The van der Waals surface area contributed by atoms with Crippen molar-refractivity contribution < 1.29 is 13.6 Å². The maximum Gasteiger partial charge on any atom is 0.255 e. The third kappa shape index (κ3) is 2.07. The van der Waals surface area contributed by atoms with Crippen LogP contribution >= 0.6 is 0 Å². The van der Waals surface area contributed by atoms with E-state index in [2.05, 4.69) is 0 Å². The number of halogens is 2. The van der Waals surface area contributed by atoms with Gasteiger partial charge >= 0.3 is 0 Å². The maximum atomic E-state index is 13.5. The second kappa shape index (κ2) is 4.71. The van der Waals surface area contributed by atoms with Gasteiger partial charge in [-0.15, -0.1) is 0 Å². The summed E-state index contributed by atoms with van der Waals surface area (Å²) in [4.78, 5) is 14.0. The van der Waals surface area contributed by atoms with Crippen molar-refractivity contribution in [3.63, 3.8) is 0 Å². The molecule has 3 rings (SSSR count). The van der Waals surface area contributed by atoms with Gasteiger partial charge in [-0.05, 0) is 41.8 Å². The lowest BCUT2D eigenvalue weighted by Gasteiger charge is -2.15. The summed E-state index contributed by atoms with van der Waals surface area (Å²) in [6.45, 7) is 2.48. The van der Waals surface area contributed by atoms with E-state index in [0.29, 0.717) is 24.2 Å². The summed E-state index contributed by atoms with van der Waals surface area (Å²) < 4.78 is 26.4. The molecule has 0 aromatic heterocycles. The summed E-state index contributed by atoms with van der Waals surface area (Å²) in [5.41, 5.74) is 2.56. The lowest BCUT2D eigenvalue weighted by Crippen LogP contribution is -2.23. The fourth-order valence-corrected chi connectivity index (χ4v) is 2.55. The Kier molecular flexibility index (Phi) is 3.01. The van der Waals surface area contributed by atoms with Crippen LogP contribution in [0.1, 0.15) is 27.0 Å². The van der Waals surface area contributed by atoms with Gasteiger partial charge in [-0.25, -0.2) is 8.78 Å². The molecule has 20 heavy (non-hydrogen) atoms. The molecule has 4 heteroatoms. The molecule has 0 atom stereocenters. The minimum Gasteiger partial charge on any atom is -0.330 e. The zero-order valence-electron chi connectivity index (χ0n) is 11.0. The zero-order valence-corrected chi connectivity index (χ0v) is 11.0. The summed E-state index contributed by atoms with van der Waals surface area (Å²) in [5, 5.41) is 0. The van der Waals surface area contributed by atoms with Gasteiger partial charge in [-0.2, -0.15) is 0 Å². The van der Waals surface area contributed by atoms with Crippen LogP contribution in [0.4, 0.5) is 8.78 Å². The number of amides is 1. The third-order valence-electron chi connectivity index (χ3n) is 3.63. The predicted octanol–water partition coefficient (Wildman–Crippen LogP) is 3.43. The Morgan fingerprint density at radius 1 is 1.10 bits per heavy atom. The Balaban J connectivity index is 1.87. The van der Waals surface area contributed by atoms with Crippen molar-refractivity contribution in [1.82, 2.24) is 4.90 Å². The number of nitrogens with zero attached hydrogens (tertiary/aromatic N) is 1. The molecule has 0 unspecified atom stereocenters. The molecule has 1 amide bonds. The number of hydrogen-bond donors (Lipinski definition) is 0. The molecule has 0 fully saturated rings. The van der Waals surface area contributed by atoms with Crippen LogP contribution in [0.5, 0.6) is 0 Å². The van der Waals surface area contributed by atoms with Crippen LogP contribution in [0.15, 0.2) is 36.4 Å². The molecule has 2 aromatic carbocycles. The summed E-state index contributed by atoms with van der Waals surface area (Å²) in [7, 11) is 0. The molecule has 0 bridgehead atoms. The standard InChI is InChI=1S/C16H13F2NO/c1-10-14(18)7-4-12-9-19(16(20)15(10)12)8-11-2-5-13(17)6-3-11/h2-7H,8-9H2,1H3. The van der Waals surface area contributed by atoms with Crippen molar-refractivity contribution in [2.24, 2.45) is 0 Å². The molecule has 0 saturated heterocycles. The summed E-state index contributed by atoms with van der Waals surface area (Å²) >= 11 is 0. The van der Waals surface area contributed by atoms with Crippen LogP contribution in [-0.2, 0) is 13.1 Å². The molecule has 102 valence electrons. The van der Waals surface area contributed by atoms with E-state index in [1.54, 1.807) is 30.0 Å². The quantitative estimate of drug-likeness (QED) is 0.821. The SMILES string of the molecule is Cc1c(F)ccc2c1C(=O)N(Cc1ccc(F)cc1)C2. The minimum absolute atomic E-state index is 0.165. The van der Waals surface area contributed by atoms with Gasteiger partial charge in [0.05, 0.1) is 5.56 Å². The Morgan fingerprint density at radius 2 is 1.80 bits per heavy atom. The first-order chi connectivity index (χ1) is 9.56. The fraction of sp³-hybridized carbons (Fsp3) is 0.188. The van der Waals surface area contributed by atoms with Crippen LogP contribution < -0.4 is 0 Å². The van der Waals surface area contributed by atoms with Crippen molar-refractivity contribution in [2.45, 2.75) is 20.0 Å². The maximum absolute atomic E-state index is 13.5. The number of benzene rings is 2. The van der Waals surface area contributed by atoms with Crippen LogP contribution in [0.3, 0.4) is 0 Å². The van der Waals surface area contributed by atoms with Gasteiger partial charge < -0.3 is 4.90 Å². The van der Waals surface area contributed by atoms with Gasteiger partial charge in [0.1, 0.15) is 11.6 Å². The molecule has 2 aromatic rings. The molecule has 0 radical (unpaired) electrons. The summed E-state index contributed by atoms with van der Waals surface area (Å²) in [6, 6.07) is 9.09. The first-order valence-corrected chi connectivity index (χ1v) is 6.38. The van der Waals surface area contributed by atoms with Crippen LogP contribution in [0.2, 0.25) is 0 Å². The molecule has 1 aliphatic rings. The van der Waals surface area contributed by atoms with Crippen molar-refractivity contribution in [2.75, 3.05) is 0 Å². The Bertz CT molecular complexity index is 680. The van der Waals surface area contributed by atoms with E-state index in [9.17, 15) is 13.6 Å². The van der Waals surface area contributed by atoms with Gasteiger partial charge in [0.15, 0.2) is 0 Å². The molecular formula is C16H13F2NO. The molecular weight excluding hydrogens is 260 g/mol. The monoisotopic (exact) mass is 273 g/mol. The highest BCUT2D eigenvalue weighted by atomic mass is 19.1.